The number of nitrogens with zero attached hydrogens (tertiary/aromatic N) is 4. The Morgan fingerprint density at radius 2 is 1.67 bits per heavy atom. The highest BCUT2D eigenvalue weighted by Gasteiger charge is 2.29. The second-order valence-electron chi connectivity index (χ2n) is 12.2. The van der Waals surface area contributed by atoms with Crippen molar-refractivity contribution < 1.29 is 30.8 Å². The zero-order valence-corrected chi connectivity index (χ0v) is 28.2. The average molecular weight is 662 g/mol. The number of nitrogens with one attached hydrogen (secondary N) is 1. The molecule has 4 rings (SSSR count). The number of fused-ring (bicyclic) bond motifs is 1. The minimum absolute atomic E-state index is 0.00481. The van der Waals surface area contributed by atoms with Gasteiger partial charge in [-0.25, -0.2) is 36.1 Å². The molecule has 4 aromatic rings. The molecule has 45 heavy (non-hydrogen) atoms. The maximum absolute atomic E-state index is 15.2. The van der Waals surface area contributed by atoms with Gasteiger partial charge >= 0.3 is 7.60 Å². The summed E-state index contributed by atoms with van der Waals surface area (Å²) in [6.07, 6.45) is 3.93. The quantitative estimate of drug-likeness (QED) is 0.161. The van der Waals surface area contributed by atoms with E-state index in [1.807, 2.05) is 27.7 Å². The zero-order chi connectivity index (χ0) is 33.3. The van der Waals surface area contributed by atoms with Crippen LogP contribution in [0.25, 0.3) is 22.4 Å². The number of pyridine rings is 1. The molecule has 1 N–H and O–H groups in total. The van der Waals surface area contributed by atoms with Crippen LogP contribution in [-0.2, 0) is 23.6 Å². The van der Waals surface area contributed by atoms with E-state index in [2.05, 4.69) is 20.3 Å². The molecule has 242 valence electrons. The van der Waals surface area contributed by atoms with Crippen LogP contribution >= 0.6 is 7.60 Å². The van der Waals surface area contributed by atoms with Gasteiger partial charge in [0.1, 0.15) is 5.82 Å². The molecule has 0 saturated heterocycles. The van der Waals surface area contributed by atoms with Gasteiger partial charge in [0.25, 0.3) is 10.0 Å². The molecule has 0 aliphatic carbocycles. The third-order valence-corrected chi connectivity index (χ3v) is 10.2. The van der Waals surface area contributed by atoms with E-state index < -0.39 is 34.7 Å². The van der Waals surface area contributed by atoms with Crippen LogP contribution in [0.4, 0.5) is 14.6 Å². The maximum Gasteiger partial charge on any atom is 0.334 e. The second kappa shape index (κ2) is 13.1. The fraction of sp³-hybridized carbons (Fsp3) is 0.387. The molecule has 0 spiro atoms. The van der Waals surface area contributed by atoms with E-state index in [0.29, 0.717) is 5.70 Å². The molecule has 0 aliphatic heterocycles. The Morgan fingerprint density at radius 1 is 1.04 bits per heavy atom. The first-order chi connectivity index (χ1) is 20.9. The average Bonchev–Trinajstić information content (AvgIpc) is 3.30. The van der Waals surface area contributed by atoms with Gasteiger partial charge in [0, 0.05) is 28.3 Å². The molecule has 3 aromatic heterocycles. The van der Waals surface area contributed by atoms with Gasteiger partial charge in [-0.2, -0.15) is 0 Å². The third kappa shape index (κ3) is 8.02. The first kappa shape index (κ1) is 34.4. The topological polar surface area (TPSA) is 125 Å². The summed E-state index contributed by atoms with van der Waals surface area (Å²) in [5.74, 6) is -1.80. The molecule has 0 saturated carbocycles. The summed E-state index contributed by atoms with van der Waals surface area (Å²) in [5.41, 5.74) is 0.831. The van der Waals surface area contributed by atoms with Gasteiger partial charge in [0.05, 0.1) is 35.7 Å². The first-order valence-corrected chi connectivity index (χ1v) is 17.5. The Hall–Kier alpha value is -3.51. The van der Waals surface area contributed by atoms with Gasteiger partial charge in [0.2, 0.25) is 0 Å². The number of hydrogen-bond donors (Lipinski definition) is 1. The molecular weight excluding hydrogens is 623 g/mol. The summed E-state index contributed by atoms with van der Waals surface area (Å²) in [5, 5.41) is 3.11. The van der Waals surface area contributed by atoms with Crippen molar-refractivity contribution in [3.8, 4) is 11.4 Å². The van der Waals surface area contributed by atoms with Crippen molar-refractivity contribution >= 4 is 34.5 Å². The summed E-state index contributed by atoms with van der Waals surface area (Å²) >= 11 is 0. The minimum atomic E-state index is -4.15. The van der Waals surface area contributed by atoms with Crippen molar-refractivity contribution in [1.82, 2.24) is 18.9 Å². The normalized spacial score (nSPS) is 13.3. The Balaban J connectivity index is 1.80. The molecule has 10 nitrogen and oxygen atoms in total. The lowest BCUT2D eigenvalue weighted by Crippen LogP contribution is -2.19. The zero-order valence-electron chi connectivity index (χ0n) is 26.5. The van der Waals surface area contributed by atoms with Gasteiger partial charge in [-0.15, -0.1) is 0 Å². The third-order valence-electron chi connectivity index (χ3n) is 6.46. The van der Waals surface area contributed by atoms with Crippen molar-refractivity contribution in [2.24, 2.45) is 5.41 Å². The largest absolute Gasteiger partial charge is 0.341 e. The molecule has 0 amide bonds. The molecule has 0 atom stereocenters. The van der Waals surface area contributed by atoms with Gasteiger partial charge in [-0.3, -0.25) is 4.57 Å². The predicted molar refractivity (Wildman–Crippen MR) is 171 cm³/mol. The lowest BCUT2D eigenvalue weighted by atomic mass is 9.91. The summed E-state index contributed by atoms with van der Waals surface area (Å²) in [6.45, 7) is 14.5. The predicted octanol–water partition coefficient (Wildman–Crippen LogP) is 7.70. The molecular formula is C31H38F2N5O5PS. The van der Waals surface area contributed by atoms with Crippen LogP contribution in [0.2, 0.25) is 0 Å². The summed E-state index contributed by atoms with van der Waals surface area (Å²) in [4.78, 5) is 12.5. The summed E-state index contributed by atoms with van der Waals surface area (Å²) in [6, 6.07) is 7.38. The Kier molecular flexibility index (Phi) is 9.99. The molecule has 0 radical (unpaired) electrons. The number of aryl methyl sites for hydroxylation is 1. The monoisotopic (exact) mass is 661 g/mol. The molecule has 1 aromatic carbocycles. The first-order valence-electron chi connectivity index (χ1n) is 14.3. The Morgan fingerprint density at radius 3 is 2.24 bits per heavy atom. The van der Waals surface area contributed by atoms with Crippen LogP contribution in [-0.4, -0.2) is 45.7 Å². The number of anilines is 1. The van der Waals surface area contributed by atoms with Crippen molar-refractivity contribution in [3.63, 3.8) is 0 Å². The molecule has 0 fully saturated rings. The number of allylic oxidation sites excluding steroid dienone is 2. The second-order valence-corrected chi connectivity index (χ2v) is 16.0. The molecule has 3 heterocycles. The molecule has 0 bridgehead atoms. The van der Waals surface area contributed by atoms with Gasteiger partial charge < -0.3 is 14.4 Å². The van der Waals surface area contributed by atoms with E-state index in [-0.39, 0.29) is 51.5 Å². The van der Waals surface area contributed by atoms with Gasteiger partial charge in [-0.1, -0.05) is 44.5 Å². The molecule has 0 unspecified atom stereocenters. The summed E-state index contributed by atoms with van der Waals surface area (Å²) < 4.78 is 82.5. The SMILES string of the molecule is Cc1ccc(S(=O)(=O)n2cc(-c3ncc(F)c(N/C(=C\CP(=O)(OC(C)C)OC(C)C)C(C)(C)C)n3)c3cc(F)cnc32)cc1. The van der Waals surface area contributed by atoms with Crippen LogP contribution in [0.15, 0.2) is 65.6 Å². The number of hydrogen-bond acceptors (Lipinski definition) is 9. The van der Waals surface area contributed by atoms with E-state index in [9.17, 15) is 17.4 Å². The van der Waals surface area contributed by atoms with E-state index in [1.54, 1.807) is 45.9 Å². The number of rotatable bonds is 11. The van der Waals surface area contributed by atoms with E-state index in [1.165, 1.54) is 18.3 Å². The van der Waals surface area contributed by atoms with E-state index in [4.69, 9.17) is 9.05 Å². The van der Waals surface area contributed by atoms with Crippen LogP contribution in [0, 0.1) is 24.0 Å². The van der Waals surface area contributed by atoms with E-state index in [0.717, 1.165) is 28.0 Å². The lowest BCUT2D eigenvalue weighted by Gasteiger charge is -2.26. The minimum Gasteiger partial charge on any atom is -0.341 e. The standard InChI is InChI=1S/C31H38F2N5O5PS/c1-19(2)42-44(39,43-20(3)4)14-13-27(31(6,7)8)36-29-26(33)17-34-28(37-29)25-18-38(30-24(25)15-22(32)16-35-30)45(40,41)23-11-9-21(5)10-12-23/h9-13,15-20H,14H2,1-8H3,(H,34,36,37)/b27-13-. The van der Waals surface area contributed by atoms with Crippen molar-refractivity contribution in [1.29, 1.82) is 0 Å². The highest BCUT2D eigenvalue weighted by atomic mass is 32.2. The van der Waals surface area contributed by atoms with Crippen LogP contribution in [0.1, 0.15) is 54.0 Å². The van der Waals surface area contributed by atoms with Crippen molar-refractivity contribution in [2.45, 2.75) is 72.5 Å². The highest BCUT2D eigenvalue weighted by Crippen LogP contribution is 2.51. The smallest absolute Gasteiger partial charge is 0.334 e. The van der Waals surface area contributed by atoms with Crippen molar-refractivity contribution in [2.75, 3.05) is 11.5 Å². The fourth-order valence-electron chi connectivity index (χ4n) is 4.45. The lowest BCUT2D eigenvalue weighted by molar-refractivity contribution is 0.144. The highest BCUT2D eigenvalue weighted by molar-refractivity contribution is 7.90. The van der Waals surface area contributed by atoms with Gasteiger partial charge in [0.15, 0.2) is 23.1 Å². The number of halogens is 2. The van der Waals surface area contributed by atoms with Gasteiger partial charge in [-0.05, 0) is 52.8 Å². The van der Waals surface area contributed by atoms with Crippen LogP contribution in [0.5, 0.6) is 0 Å². The fourth-order valence-corrected chi connectivity index (χ4v) is 7.69. The molecule has 14 heteroatoms. The van der Waals surface area contributed by atoms with Crippen molar-refractivity contribution in [3.05, 3.63) is 77.9 Å². The number of aromatic nitrogens is 4. The Bertz CT molecular complexity index is 1870. The van der Waals surface area contributed by atoms with Crippen LogP contribution < -0.4 is 5.32 Å². The molecule has 0 aliphatic rings. The van der Waals surface area contributed by atoms with Crippen LogP contribution in [0.3, 0.4) is 0 Å². The Labute approximate surface area is 262 Å². The number of benzene rings is 1. The summed E-state index contributed by atoms with van der Waals surface area (Å²) in [7, 11) is -7.70. The van der Waals surface area contributed by atoms with E-state index >= 15 is 4.39 Å². The maximum atomic E-state index is 15.2.